The largest absolute Gasteiger partial charge is 0.271 e. The van der Waals surface area contributed by atoms with Crippen LogP contribution in [-0.4, -0.2) is 24.8 Å². The van der Waals surface area contributed by atoms with Crippen LogP contribution in [0.4, 0.5) is 0 Å². The van der Waals surface area contributed by atoms with Crippen LogP contribution in [-0.2, 0) is 0 Å². The average Bonchev–Trinajstić information content (AvgIpc) is 2.53. The maximum atomic E-state index is 8.60. The molecule has 0 saturated carbocycles. The minimum absolute atomic E-state index is 0.271. The lowest BCUT2D eigenvalue weighted by molar-refractivity contribution is 0.836. The van der Waals surface area contributed by atoms with Crippen LogP contribution in [0, 0.1) is 18.3 Å². The molecule has 6 heteroatoms. The topological polar surface area (TPSA) is 79.8 Å². The minimum Gasteiger partial charge on any atom is -0.197 e. The molecule has 12 heavy (non-hydrogen) atoms. The van der Waals surface area contributed by atoms with Crippen LogP contribution in [0.25, 0.3) is 5.78 Å². The average molecular weight is 160 g/mol. The number of fused-ring (bicyclic) bond motifs is 1. The molecule has 6 nitrogen and oxygen atoms in total. The summed E-state index contributed by atoms with van der Waals surface area (Å²) in [4.78, 5) is 3.82. The molecule has 0 unspecified atom stereocenters. The first-order valence-corrected chi connectivity index (χ1v) is 3.26. The number of aryl methyl sites for hydroxylation is 1. The fourth-order valence-corrected chi connectivity index (χ4v) is 0.911. The Morgan fingerprint density at radius 1 is 1.50 bits per heavy atom. The quantitative estimate of drug-likeness (QED) is 0.528. The van der Waals surface area contributed by atoms with E-state index in [1.54, 1.807) is 6.92 Å². The lowest BCUT2D eigenvalue weighted by Gasteiger charge is -1.95. The number of aromatic nitrogens is 5. The van der Waals surface area contributed by atoms with Crippen molar-refractivity contribution in [2.24, 2.45) is 0 Å². The Balaban J connectivity index is 2.89. The zero-order chi connectivity index (χ0) is 8.55. The molecular formula is C6H4N6. The van der Waals surface area contributed by atoms with Gasteiger partial charge in [-0.1, -0.05) is 0 Å². The Labute approximate surface area is 67.5 Å². The van der Waals surface area contributed by atoms with Crippen molar-refractivity contribution in [3.05, 3.63) is 17.7 Å². The molecule has 0 aliphatic carbocycles. The van der Waals surface area contributed by atoms with Crippen molar-refractivity contribution in [1.29, 1.82) is 5.26 Å². The molecule has 0 aliphatic heterocycles. The number of nitriles is 1. The number of rotatable bonds is 0. The summed E-state index contributed by atoms with van der Waals surface area (Å²) in [6, 6.07) is 1.91. The van der Waals surface area contributed by atoms with Gasteiger partial charge in [0.05, 0.1) is 5.69 Å². The molecule has 0 spiro atoms. The van der Waals surface area contributed by atoms with Crippen LogP contribution in [0.2, 0.25) is 0 Å². The van der Waals surface area contributed by atoms with Crippen LogP contribution >= 0.6 is 0 Å². The van der Waals surface area contributed by atoms with Gasteiger partial charge in [-0.15, -0.1) is 10.2 Å². The Morgan fingerprint density at radius 3 is 3.08 bits per heavy atom. The van der Waals surface area contributed by atoms with Crippen molar-refractivity contribution < 1.29 is 0 Å². The summed E-state index contributed by atoms with van der Waals surface area (Å²) >= 11 is 0. The molecule has 0 aromatic carbocycles. The van der Waals surface area contributed by atoms with Gasteiger partial charge in [-0.05, 0) is 6.92 Å². The van der Waals surface area contributed by atoms with E-state index < -0.39 is 0 Å². The monoisotopic (exact) mass is 160 g/mol. The van der Waals surface area contributed by atoms with Crippen LogP contribution < -0.4 is 0 Å². The summed E-state index contributed by atoms with van der Waals surface area (Å²) in [5.41, 5.74) is 0.924. The maximum absolute atomic E-state index is 8.60. The van der Waals surface area contributed by atoms with Gasteiger partial charge in [-0.2, -0.15) is 19.9 Å². The highest BCUT2D eigenvalue weighted by Crippen LogP contribution is 2.01. The van der Waals surface area contributed by atoms with Gasteiger partial charge < -0.3 is 0 Å². The van der Waals surface area contributed by atoms with Crippen molar-refractivity contribution >= 4 is 5.78 Å². The predicted octanol–water partition coefficient (Wildman–Crippen LogP) is -0.301. The third-order valence-electron chi connectivity index (χ3n) is 1.54. The molecule has 2 aromatic heterocycles. The first kappa shape index (κ1) is 6.67. The van der Waals surface area contributed by atoms with Crippen molar-refractivity contribution in [3.8, 4) is 6.07 Å². The molecule has 0 radical (unpaired) electrons. The van der Waals surface area contributed by atoms with Crippen molar-refractivity contribution in [3.63, 3.8) is 0 Å². The van der Waals surface area contributed by atoms with Gasteiger partial charge in [0.2, 0.25) is 0 Å². The third kappa shape index (κ3) is 0.734. The Kier molecular flexibility index (Phi) is 1.24. The van der Waals surface area contributed by atoms with Gasteiger partial charge in [-0.25, -0.2) is 0 Å². The van der Waals surface area contributed by atoms with Crippen LogP contribution in [0.3, 0.4) is 0 Å². The lowest BCUT2D eigenvalue weighted by Crippen LogP contribution is -2.02. The van der Waals surface area contributed by atoms with E-state index >= 15 is 0 Å². The SMILES string of the molecule is Cc1c(C#N)nnc2ncnn12. The summed E-state index contributed by atoms with van der Waals surface area (Å²) in [5, 5.41) is 19.8. The minimum atomic E-state index is 0.271. The standard InChI is InChI=1S/C6H4N6/c1-4-5(2-7)10-11-6-8-3-9-12(4)6/h3H,1H3. The molecular weight excluding hydrogens is 156 g/mol. The second-order valence-corrected chi connectivity index (χ2v) is 2.22. The Hall–Kier alpha value is -2.03. The number of hydrogen-bond acceptors (Lipinski definition) is 5. The normalized spacial score (nSPS) is 10.0. The summed E-state index contributed by atoms with van der Waals surface area (Å²) in [5.74, 6) is 0.409. The second-order valence-electron chi connectivity index (χ2n) is 2.22. The lowest BCUT2D eigenvalue weighted by atomic mass is 10.4. The van der Waals surface area contributed by atoms with E-state index in [1.165, 1.54) is 10.8 Å². The van der Waals surface area contributed by atoms with E-state index in [9.17, 15) is 0 Å². The second kappa shape index (κ2) is 2.23. The highest BCUT2D eigenvalue weighted by molar-refractivity contribution is 5.31. The van der Waals surface area contributed by atoms with Gasteiger partial charge in [0.25, 0.3) is 5.78 Å². The van der Waals surface area contributed by atoms with Gasteiger partial charge >= 0.3 is 0 Å². The van der Waals surface area contributed by atoms with E-state index in [0.717, 1.165) is 0 Å². The molecule has 0 bridgehead atoms. The van der Waals surface area contributed by atoms with E-state index in [1.807, 2.05) is 6.07 Å². The van der Waals surface area contributed by atoms with E-state index in [0.29, 0.717) is 11.5 Å². The predicted molar refractivity (Wildman–Crippen MR) is 38.0 cm³/mol. The molecule has 2 heterocycles. The van der Waals surface area contributed by atoms with Crippen LogP contribution in [0.15, 0.2) is 6.33 Å². The molecule has 0 atom stereocenters. The highest BCUT2D eigenvalue weighted by Gasteiger charge is 2.05. The summed E-state index contributed by atoms with van der Waals surface area (Å²) in [7, 11) is 0. The fourth-order valence-electron chi connectivity index (χ4n) is 0.911. The molecule has 0 aliphatic rings. The molecule has 2 aromatic rings. The first-order chi connectivity index (χ1) is 5.83. The fraction of sp³-hybridized carbons (Fsp3) is 0.167. The zero-order valence-electron chi connectivity index (χ0n) is 6.26. The van der Waals surface area contributed by atoms with E-state index in [4.69, 9.17) is 5.26 Å². The molecule has 0 N–H and O–H groups in total. The zero-order valence-corrected chi connectivity index (χ0v) is 6.26. The molecule has 0 amide bonds. The van der Waals surface area contributed by atoms with Crippen LogP contribution in [0.1, 0.15) is 11.4 Å². The molecule has 58 valence electrons. The third-order valence-corrected chi connectivity index (χ3v) is 1.54. The smallest absolute Gasteiger partial charge is 0.197 e. The van der Waals surface area contributed by atoms with Gasteiger partial charge in [0.15, 0.2) is 5.69 Å². The summed E-state index contributed by atoms with van der Waals surface area (Å²) in [6.45, 7) is 1.74. The van der Waals surface area contributed by atoms with E-state index in [-0.39, 0.29) is 5.69 Å². The molecule has 2 rings (SSSR count). The van der Waals surface area contributed by atoms with Gasteiger partial charge in [0.1, 0.15) is 12.4 Å². The highest BCUT2D eigenvalue weighted by atomic mass is 15.4. The van der Waals surface area contributed by atoms with Crippen LogP contribution in [0.5, 0.6) is 0 Å². The van der Waals surface area contributed by atoms with Gasteiger partial charge in [0, 0.05) is 0 Å². The van der Waals surface area contributed by atoms with Crippen molar-refractivity contribution in [2.75, 3.05) is 0 Å². The first-order valence-electron chi connectivity index (χ1n) is 3.26. The number of hydrogen-bond donors (Lipinski definition) is 0. The maximum Gasteiger partial charge on any atom is 0.271 e. The molecule has 0 fully saturated rings. The summed E-state index contributed by atoms with van der Waals surface area (Å²) < 4.78 is 1.48. The Bertz CT molecular complexity index is 464. The van der Waals surface area contributed by atoms with Crippen molar-refractivity contribution in [2.45, 2.75) is 6.92 Å². The van der Waals surface area contributed by atoms with E-state index in [2.05, 4.69) is 20.3 Å². The van der Waals surface area contributed by atoms with Gasteiger partial charge in [-0.3, -0.25) is 0 Å². The molecule has 0 saturated heterocycles. The summed E-state index contributed by atoms with van der Waals surface area (Å²) in [6.07, 6.45) is 1.37. The number of nitrogens with zero attached hydrogens (tertiary/aromatic N) is 6. The van der Waals surface area contributed by atoms with Crippen molar-refractivity contribution in [1.82, 2.24) is 24.8 Å². The Morgan fingerprint density at radius 2 is 2.33 bits per heavy atom.